The molecule has 42 heavy (non-hydrogen) atoms. The average Bonchev–Trinajstić information content (AvgIpc) is 3.43. The number of carbonyl (C=O) groups excluding carboxylic acids is 1. The molecule has 7 heteroatoms. The molecule has 0 fully saturated rings. The molecule has 0 aliphatic carbocycles. The fraction of sp³-hybridized carbons (Fsp3) is 0.200. The summed E-state index contributed by atoms with van der Waals surface area (Å²) in [5.74, 6) is 0.668. The molecule has 0 spiro atoms. The number of aromatic nitrogens is 3. The fourth-order valence-electron chi connectivity index (χ4n) is 4.50. The molecule has 0 radical (unpaired) electrons. The summed E-state index contributed by atoms with van der Waals surface area (Å²) in [6.45, 7) is 10.5. The molecule has 0 saturated carbocycles. The molecular weight excluding hydrogens is 538 g/mol. The number of thioether (sulfide) groups is 1. The molecule has 1 amide bonds. The van der Waals surface area contributed by atoms with Crippen LogP contribution in [0.2, 0.25) is 0 Å². The number of hydrogen-bond donors (Lipinski definition) is 1. The number of nitrogens with zero attached hydrogens (tertiary/aromatic N) is 4. The Labute approximate surface area is 251 Å². The zero-order valence-corrected chi connectivity index (χ0v) is 25.4. The summed E-state index contributed by atoms with van der Waals surface area (Å²) >= 11 is 1.33. The van der Waals surface area contributed by atoms with E-state index in [2.05, 4.69) is 109 Å². The second-order valence-corrected chi connectivity index (χ2v) is 12.2. The molecule has 0 bridgehead atoms. The Kier molecular flexibility index (Phi) is 8.69. The molecule has 1 aromatic heterocycles. The van der Waals surface area contributed by atoms with Crippen LogP contribution in [0.5, 0.6) is 0 Å². The highest BCUT2D eigenvalue weighted by atomic mass is 32.2. The molecule has 0 aliphatic heterocycles. The van der Waals surface area contributed by atoms with E-state index in [0.29, 0.717) is 5.16 Å². The minimum atomic E-state index is -0.213. The molecule has 212 valence electrons. The Bertz CT molecular complexity index is 1680. The monoisotopic (exact) mass is 573 g/mol. The summed E-state index contributed by atoms with van der Waals surface area (Å²) in [5, 5.41) is 14.0. The van der Waals surface area contributed by atoms with Crippen LogP contribution in [0.3, 0.4) is 0 Å². The maximum atomic E-state index is 12.8. The lowest BCUT2D eigenvalue weighted by Crippen LogP contribution is -2.21. The number of rotatable bonds is 8. The topological polar surface area (TPSA) is 72.2 Å². The van der Waals surface area contributed by atoms with Gasteiger partial charge in [-0.1, -0.05) is 129 Å². The maximum Gasteiger partial charge on any atom is 0.250 e. The van der Waals surface area contributed by atoms with E-state index in [1.807, 2.05) is 54.0 Å². The Morgan fingerprint density at radius 2 is 1.43 bits per heavy atom. The minimum Gasteiger partial charge on any atom is -0.272 e. The van der Waals surface area contributed by atoms with Crippen molar-refractivity contribution in [2.75, 3.05) is 5.75 Å². The summed E-state index contributed by atoms with van der Waals surface area (Å²) in [4.78, 5) is 12.8. The molecule has 0 atom stereocenters. The standard InChI is InChI=1S/C35H35N5OS/c1-24-11-21-31(22-12-24)40-33(29-17-19-30(20-18-29)35(3,4)5)38-39-34(40)42-23-32(41)37-36-25(2)26-13-15-28(16-14-26)27-9-7-6-8-10-27/h6-22H,23H2,1-5H3,(H,37,41)/b36-25-. The van der Waals surface area contributed by atoms with Crippen LogP contribution < -0.4 is 5.43 Å². The van der Waals surface area contributed by atoms with Crippen LogP contribution in [0.25, 0.3) is 28.2 Å². The van der Waals surface area contributed by atoms with Gasteiger partial charge < -0.3 is 0 Å². The second-order valence-electron chi connectivity index (χ2n) is 11.3. The van der Waals surface area contributed by atoms with Gasteiger partial charge in [-0.25, -0.2) is 5.43 Å². The van der Waals surface area contributed by atoms with Crippen LogP contribution in [0.4, 0.5) is 0 Å². The Balaban J connectivity index is 1.30. The van der Waals surface area contributed by atoms with Crippen LogP contribution in [-0.4, -0.2) is 32.1 Å². The van der Waals surface area contributed by atoms with Crippen molar-refractivity contribution >= 4 is 23.4 Å². The zero-order chi connectivity index (χ0) is 29.7. The van der Waals surface area contributed by atoms with Crippen molar-refractivity contribution in [3.8, 4) is 28.2 Å². The molecule has 1 N–H and O–H groups in total. The van der Waals surface area contributed by atoms with Crippen molar-refractivity contribution in [3.63, 3.8) is 0 Å². The highest BCUT2D eigenvalue weighted by Crippen LogP contribution is 2.30. The van der Waals surface area contributed by atoms with Gasteiger partial charge in [-0.15, -0.1) is 10.2 Å². The van der Waals surface area contributed by atoms with E-state index in [0.717, 1.165) is 39.5 Å². The number of carbonyl (C=O) groups is 1. The number of nitrogens with one attached hydrogen (secondary N) is 1. The summed E-state index contributed by atoms with van der Waals surface area (Å²) in [6, 6.07) is 35.0. The normalized spacial score (nSPS) is 11.9. The van der Waals surface area contributed by atoms with E-state index in [1.54, 1.807) is 0 Å². The highest BCUT2D eigenvalue weighted by Gasteiger charge is 2.19. The van der Waals surface area contributed by atoms with Gasteiger partial charge in [-0.3, -0.25) is 9.36 Å². The van der Waals surface area contributed by atoms with Gasteiger partial charge in [0, 0.05) is 11.3 Å². The van der Waals surface area contributed by atoms with Crippen molar-refractivity contribution < 1.29 is 4.79 Å². The van der Waals surface area contributed by atoms with Crippen molar-refractivity contribution in [2.45, 2.75) is 45.2 Å². The summed E-state index contributed by atoms with van der Waals surface area (Å²) < 4.78 is 2.01. The lowest BCUT2D eigenvalue weighted by molar-refractivity contribution is -0.118. The molecule has 5 rings (SSSR count). The molecule has 6 nitrogen and oxygen atoms in total. The third-order valence-corrected chi connectivity index (χ3v) is 7.95. The quantitative estimate of drug-likeness (QED) is 0.117. The third kappa shape index (κ3) is 6.86. The van der Waals surface area contributed by atoms with Crippen LogP contribution >= 0.6 is 11.8 Å². The predicted octanol–water partition coefficient (Wildman–Crippen LogP) is 7.84. The largest absolute Gasteiger partial charge is 0.272 e. The van der Waals surface area contributed by atoms with E-state index in [-0.39, 0.29) is 17.1 Å². The predicted molar refractivity (Wildman–Crippen MR) is 173 cm³/mol. The van der Waals surface area contributed by atoms with Gasteiger partial charge in [0.15, 0.2) is 11.0 Å². The molecule has 1 heterocycles. The van der Waals surface area contributed by atoms with Crippen molar-refractivity contribution in [3.05, 3.63) is 120 Å². The molecule has 0 aliphatic rings. The Hall–Kier alpha value is -4.49. The average molecular weight is 574 g/mol. The number of amides is 1. The maximum absolute atomic E-state index is 12.8. The van der Waals surface area contributed by atoms with Crippen molar-refractivity contribution in [1.82, 2.24) is 20.2 Å². The van der Waals surface area contributed by atoms with E-state index in [1.165, 1.54) is 22.9 Å². The van der Waals surface area contributed by atoms with E-state index in [9.17, 15) is 4.79 Å². The second kappa shape index (κ2) is 12.6. The number of aryl methyl sites for hydroxylation is 1. The van der Waals surface area contributed by atoms with Gasteiger partial charge in [0.2, 0.25) is 0 Å². The minimum absolute atomic E-state index is 0.0595. The smallest absolute Gasteiger partial charge is 0.250 e. The molecule has 5 aromatic rings. The van der Waals surface area contributed by atoms with E-state index >= 15 is 0 Å². The van der Waals surface area contributed by atoms with Gasteiger partial charge in [-0.2, -0.15) is 5.10 Å². The van der Waals surface area contributed by atoms with Crippen LogP contribution in [0, 0.1) is 6.92 Å². The first-order chi connectivity index (χ1) is 20.2. The summed E-state index contributed by atoms with van der Waals surface area (Å²) in [7, 11) is 0. The number of hydrazone groups is 1. The van der Waals surface area contributed by atoms with Crippen LogP contribution in [0.15, 0.2) is 113 Å². The first kappa shape index (κ1) is 29.0. The van der Waals surface area contributed by atoms with Crippen LogP contribution in [0.1, 0.15) is 44.4 Å². The Morgan fingerprint density at radius 1 is 0.810 bits per heavy atom. The van der Waals surface area contributed by atoms with E-state index in [4.69, 9.17) is 0 Å². The molecular formula is C35H35N5OS. The summed E-state index contributed by atoms with van der Waals surface area (Å²) in [5.41, 5.74) is 11.1. The van der Waals surface area contributed by atoms with E-state index < -0.39 is 0 Å². The third-order valence-electron chi connectivity index (χ3n) is 7.03. The van der Waals surface area contributed by atoms with Gasteiger partial charge in [-0.05, 0) is 53.6 Å². The van der Waals surface area contributed by atoms with Crippen molar-refractivity contribution in [1.29, 1.82) is 0 Å². The molecule has 4 aromatic carbocycles. The summed E-state index contributed by atoms with van der Waals surface area (Å²) in [6.07, 6.45) is 0. The van der Waals surface area contributed by atoms with Gasteiger partial charge >= 0.3 is 0 Å². The van der Waals surface area contributed by atoms with Crippen molar-refractivity contribution in [2.24, 2.45) is 5.10 Å². The number of benzene rings is 4. The lowest BCUT2D eigenvalue weighted by Gasteiger charge is -2.19. The molecule has 0 saturated heterocycles. The van der Waals surface area contributed by atoms with Gasteiger partial charge in [0.25, 0.3) is 5.91 Å². The first-order valence-electron chi connectivity index (χ1n) is 13.9. The zero-order valence-electron chi connectivity index (χ0n) is 24.6. The number of hydrogen-bond acceptors (Lipinski definition) is 5. The fourth-order valence-corrected chi connectivity index (χ4v) is 5.25. The van der Waals surface area contributed by atoms with Gasteiger partial charge in [0.05, 0.1) is 11.5 Å². The highest BCUT2D eigenvalue weighted by molar-refractivity contribution is 7.99. The van der Waals surface area contributed by atoms with Crippen LogP contribution in [-0.2, 0) is 10.2 Å². The SMILES string of the molecule is C/C(=N/NC(=O)CSc1nnc(-c2ccc(C(C)(C)C)cc2)n1-c1ccc(C)cc1)c1ccc(-c2ccccc2)cc1. The Morgan fingerprint density at radius 3 is 2.07 bits per heavy atom. The lowest BCUT2D eigenvalue weighted by atomic mass is 9.87. The first-order valence-corrected chi connectivity index (χ1v) is 14.9. The van der Waals surface area contributed by atoms with Gasteiger partial charge in [0.1, 0.15) is 0 Å². The molecule has 0 unspecified atom stereocenters.